The summed E-state index contributed by atoms with van der Waals surface area (Å²) in [5.41, 5.74) is 1.58. The number of carbonyl (C=O) groups excluding carboxylic acids is 2. The van der Waals surface area contributed by atoms with Gasteiger partial charge in [0.15, 0.2) is 5.11 Å². The van der Waals surface area contributed by atoms with Crippen molar-refractivity contribution in [2.75, 3.05) is 4.90 Å². The van der Waals surface area contributed by atoms with Crippen LogP contribution in [0.4, 0.5) is 5.69 Å². The molecule has 1 heterocycles. The number of hydrogen-bond acceptors (Lipinski definition) is 5. The number of halogens is 1. The highest BCUT2D eigenvalue weighted by molar-refractivity contribution is 7.80. The molecule has 1 aliphatic rings. The maximum atomic E-state index is 13.0. The number of thiocarbonyl (C=S) groups is 1. The zero-order valence-electron chi connectivity index (χ0n) is 16.6. The highest BCUT2D eigenvalue weighted by atomic mass is 35.5. The van der Waals surface area contributed by atoms with Crippen LogP contribution < -0.4 is 15.0 Å². The molecule has 3 aromatic carbocycles. The van der Waals surface area contributed by atoms with Gasteiger partial charge in [0.05, 0.1) is 5.69 Å². The van der Waals surface area contributed by atoms with Crippen molar-refractivity contribution in [1.82, 2.24) is 5.32 Å². The first kappa shape index (κ1) is 21.5. The average molecular weight is 465 g/mol. The molecule has 0 aromatic heterocycles. The topological polar surface area (TPSA) is 78.9 Å². The molecule has 0 saturated carbocycles. The lowest BCUT2D eigenvalue weighted by Gasteiger charge is -2.29. The number of hydrogen-bond donors (Lipinski definition) is 2. The van der Waals surface area contributed by atoms with E-state index in [0.29, 0.717) is 28.6 Å². The SMILES string of the molecule is O=C1NC(=S)N(c2ccc(Cl)cc2)C(=O)/C1=C\c1ccc(OCc2ccccc2)cc1O. The van der Waals surface area contributed by atoms with Crippen LogP contribution in [0.3, 0.4) is 0 Å². The molecule has 0 spiro atoms. The maximum Gasteiger partial charge on any atom is 0.270 e. The summed E-state index contributed by atoms with van der Waals surface area (Å²) in [6.45, 7) is 0.342. The summed E-state index contributed by atoms with van der Waals surface area (Å²) in [7, 11) is 0. The van der Waals surface area contributed by atoms with Gasteiger partial charge in [0.25, 0.3) is 11.8 Å². The van der Waals surface area contributed by atoms with Crippen LogP contribution in [-0.4, -0.2) is 22.0 Å². The maximum absolute atomic E-state index is 13.0. The fraction of sp³-hybridized carbons (Fsp3) is 0.0417. The molecule has 0 unspecified atom stereocenters. The molecule has 3 aromatic rings. The van der Waals surface area contributed by atoms with Crippen LogP contribution >= 0.6 is 23.8 Å². The first-order chi connectivity index (χ1) is 15.4. The predicted octanol–water partition coefficient (Wildman–Crippen LogP) is 4.46. The lowest BCUT2D eigenvalue weighted by atomic mass is 10.1. The van der Waals surface area contributed by atoms with Gasteiger partial charge in [0.2, 0.25) is 0 Å². The molecule has 160 valence electrons. The summed E-state index contributed by atoms with van der Waals surface area (Å²) in [6, 6.07) is 20.8. The summed E-state index contributed by atoms with van der Waals surface area (Å²) in [5, 5.41) is 13.4. The fourth-order valence-corrected chi connectivity index (χ4v) is 3.52. The van der Waals surface area contributed by atoms with E-state index in [1.807, 2.05) is 30.3 Å². The van der Waals surface area contributed by atoms with Crippen molar-refractivity contribution in [3.8, 4) is 11.5 Å². The summed E-state index contributed by atoms with van der Waals surface area (Å²) < 4.78 is 5.70. The Hall–Kier alpha value is -3.68. The molecule has 0 atom stereocenters. The minimum absolute atomic E-state index is 0.0339. The molecule has 6 nitrogen and oxygen atoms in total. The normalized spacial score (nSPS) is 15.1. The molecule has 4 rings (SSSR count). The molecule has 0 aliphatic carbocycles. The summed E-state index contributed by atoms with van der Waals surface area (Å²) in [6.07, 6.45) is 1.32. The number of ether oxygens (including phenoxy) is 1. The van der Waals surface area contributed by atoms with Crippen LogP contribution in [-0.2, 0) is 16.2 Å². The van der Waals surface area contributed by atoms with Gasteiger partial charge in [-0.05, 0) is 60.3 Å². The van der Waals surface area contributed by atoms with Crippen molar-refractivity contribution < 1.29 is 19.4 Å². The quantitative estimate of drug-likeness (QED) is 0.331. The smallest absolute Gasteiger partial charge is 0.270 e. The third-order valence-electron chi connectivity index (χ3n) is 4.74. The Bertz CT molecular complexity index is 1230. The van der Waals surface area contributed by atoms with Gasteiger partial charge in [0.1, 0.15) is 23.7 Å². The number of aromatic hydroxyl groups is 1. The van der Waals surface area contributed by atoms with Gasteiger partial charge < -0.3 is 9.84 Å². The lowest BCUT2D eigenvalue weighted by Crippen LogP contribution is -2.54. The summed E-state index contributed by atoms with van der Waals surface area (Å²) >= 11 is 11.1. The van der Waals surface area contributed by atoms with Crippen molar-refractivity contribution in [3.63, 3.8) is 0 Å². The first-order valence-electron chi connectivity index (χ1n) is 9.59. The number of carbonyl (C=O) groups is 2. The highest BCUT2D eigenvalue weighted by Crippen LogP contribution is 2.28. The second kappa shape index (κ2) is 9.21. The second-order valence-corrected chi connectivity index (χ2v) is 7.75. The van der Waals surface area contributed by atoms with Crippen molar-refractivity contribution in [2.45, 2.75) is 6.61 Å². The van der Waals surface area contributed by atoms with Crippen LogP contribution in [0.15, 0.2) is 78.4 Å². The number of phenols is 1. The number of phenolic OH excluding ortho intramolecular Hbond substituents is 1. The van der Waals surface area contributed by atoms with Gasteiger partial charge in [-0.3, -0.25) is 19.8 Å². The Kier molecular flexibility index (Phi) is 6.20. The molecular weight excluding hydrogens is 448 g/mol. The average Bonchev–Trinajstić information content (AvgIpc) is 2.78. The Morgan fingerprint density at radius 2 is 1.75 bits per heavy atom. The van der Waals surface area contributed by atoms with Crippen LogP contribution in [0, 0.1) is 0 Å². The molecule has 0 radical (unpaired) electrons. The first-order valence-corrected chi connectivity index (χ1v) is 10.4. The van der Waals surface area contributed by atoms with E-state index in [-0.39, 0.29) is 16.4 Å². The zero-order chi connectivity index (χ0) is 22.7. The minimum atomic E-state index is -0.644. The molecule has 1 aliphatic heterocycles. The largest absolute Gasteiger partial charge is 0.507 e. The van der Waals surface area contributed by atoms with E-state index >= 15 is 0 Å². The Morgan fingerprint density at radius 1 is 1.03 bits per heavy atom. The van der Waals surface area contributed by atoms with Gasteiger partial charge in [-0.1, -0.05) is 41.9 Å². The number of anilines is 1. The van der Waals surface area contributed by atoms with E-state index in [2.05, 4.69) is 5.32 Å². The Morgan fingerprint density at radius 3 is 2.44 bits per heavy atom. The number of rotatable bonds is 5. The number of nitrogens with zero attached hydrogens (tertiary/aromatic N) is 1. The number of amides is 2. The van der Waals surface area contributed by atoms with Crippen LogP contribution in [0.5, 0.6) is 11.5 Å². The predicted molar refractivity (Wildman–Crippen MR) is 127 cm³/mol. The molecule has 8 heteroatoms. The van der Waals surface area contributed by atoms with E-state index in [1.165, 1.54) is 17.0 Å². The van der Waals surface area contributed by atoms with E-state index in [1.54, 1.807) is 36.4 Å². The van der Waals surface area contributed by atoms with Gasteiger partial charge in [-0.25, -0.2) is 0 Å². The molecule has 2 N–H and O–H groups in total. The van der Waals surface area contributed by atoms with E-state index in [9.17, 15) is 14.7 Å². The Balaban J connectivity index is 1.57. The van der Waals surface area contributed by atoms with E-state index in [0.717, 1.165) is 5.56 Å². The standard InChI is InChI=1S/C24H17ClN2O4S/c25-17-7-9-18(10-8-17)27-23(30)20(22(29)26-24(27)32)12-16-6-11-19(13-21(16)28)31-14-15-4-2-1-3-5-15/h1-13,28H,14H2,(H,26,29,32)/b20-12-. The van der Waals surface area contributed by atoms with Crippen molar-refractivity contribution >= 4 is 52.5 Å². The third kappa shape index (κ3) is 4.64. The molecule has 0 bridgehead atoms. The summed E-state index contributed by atoms with van der Waals surface area (Å²) in [4.78, 5) is 26.7. The third-order valence-corrected chi connectivity index (χ3v) is 5.27. The molecule has 1 fully saturated rings. The zero-order valence-corrected chi connectivity index (χ0v) is 18.2. The Labute approximate surface area is 194 Å². The van der Waals surface area contributed by atoms with Crippen LogP contribution in [0.1, 0.15) is 11.1 Å². The monoisotopic (exact) mass is 464 g/mol. The van der Waals surface area contributed by atoms with E-state index in [4.69, 9.17) is 28.6 Å². The molecule has 32 heavy (non-hydrogen) atoms. The van der Waals surface area contributed by atoms with Gasteiger partial charge in [-0.2, -0.15) is 0 Å². The van der Waals surface area contributed by atoms with Crippen LogP contribution in [0.25, 0.3) is 6.08 Å². The fourth-order valence-electron chi connectivity index (χ4n) is 3.11. The van der Waals surface area contributed by atoms with E-state index < -0.39 is 11.8 Å². The second-order valence-electron chi connectivity index (χ2n) is 6.93. The number of nitrogens with one attached hydrogen (secondary N) is 1. The summed E-state index contributed by atoms with van der Waals surface area (Å²) in [5.74, 6) is -0.925. The van der Waals surface area contributed by atoms with Gasteiger partial charge in [-0.15, -0.1) is 0 Å². The number of benzene rings is 3. The van der Waals surface area contributed by atoms with Crippen molar-refractivity contribution in [1.29, 1.82) is 0 Å². The highest BCUT2D eigenvalue weighted by Gasteiger charge is 2.34. The lowest BCUT2D eigenvalue weighted by molar-refractivity contribution is -0.122. The van der Waals surface area contributed by atoms with Gasteiger partial charge >= 0.3 is 0 Å². The molecule has 2 amide bonds. The molecular formula is C24H17ClN2O4S. The minimum Gasteiger partial charge on any atom is -0.507 e. The van der Waals surface area contributed by atoms with Crippen molar-refractivity contribution in [3.05, 3.63) is 94.5 Å². The molecule has 1 saturated heterocycles. The van der Waals surface area contributed by atoms with Gasteiger partial charge in [0, 0.05) is 16.7 Å². The van der Waals surface area contributed by atoms with Crippen LogP contribution in [0.2, 0.25) is 5.02 Å². The van der Waals surface area contributed by atoms with Crippen molar-refractivity contribution in [2.24, 2.45) is 0 Å².